The summed E-state index contributed by atoms with van der Waals surface area (Å²) < 4.78 is 0. The van der Waals surface area contributed by atoms with Crippen molar-refractivity contribution < 1.29 is 0 Å². The second-order valence-electron chi connectivity index (χ2n) is 5.68. The Morgan fingerprint density at radius 2 is 2.11 bits per heavy atom. The van der Waals surface area contributed by atoms with E-state index < -0.39 is 0 Å². The van der Waals surface area contributed by atoms with E-state index in [2.05, 4.69) is 22.9 Å². The highest BCUT2D eigenvalue weighted by molar-refractivity contribution is 5.09. The second-order valence-corrected chi connectivity index (χ2v) is 5.68. The zero-order valence-corrected chi connectivity index (χ0v) is 12.1. The van der Waals surface area contributed by atoms with Crippen molar-refractivity contribution in [2.24, 2.45) is 5.73 Å². The highest BCUT2D eigenvalue weighted by Crippen LogP contribution is 2.32. The van der Waals surface area contributed by atoms with Crippen molar-refractivity contribution in [2.45, 2.75) is 51.0 Å². The molecule has 3 heteroatoms. The SMILES string of the molecule is CCN(CCc1cccnc1)C1(CN)CCCCC1. The van der Waals surface area contributed by atoms with Gasteiger partial charge in [-0.3, -0.25) is 9.88 Å². The maximum Gasteiger partial charge on any atom is 0.0331 e. The summed E-state index contributed by atoms with van der Waals surface area (Å²) in [5.41, 5.74) is 7.71. The molecule has 2 N–H and O–H groups in total. The Morgan fingerprint density at radius 1 is 1.32 bits per heavy atom. The third-order valence-electron chi connectivity index (χ3n) is 4.61. The fourth-order valence-electron chi connectivity index (χ4n) is 3.40. The van der Waals surface area contributed by atoms with Crippen LogP contribution in [0.1, 0.15) is 44.6 Å². The van der Waals surface area contributed by atoms with Crippen LogP contribution in [0.4, 0.5) is 0 Å². The van der Waals surface area contributed by atoms with Gasteiger partial charge < -0.3 is 5.73 Å². The van der Waals surface area contributed by atoms with Crippen LogP contribution >= 0.6 is 0 Å². The number of likely N-dealkylation sites (N-methyl/N-ethyl adjacent to an activating group) is 1. The first-order valence-electron chi connectivity index (χ1n) is 7.65. The van der Waals surface area contributed by atoms with E-state index in [1.807, 2.05) is 18.5 Å². The number of nitrogens with two attached hydrogens (primary N) is 1. The average molecular weight is 261 g/mol. The maximum atomic E-state index is 6.13. The van der Waals surface area contributed by atoms with Crippen molar-refractivity contribution in [3.63, 3.8) is 0 Å². The smallest absolute Gasteiger partial charge is 0.0331 e. The topological polar surface area (TPSA) is 42.2 Å². The molecule has 0 bridgehead atoms. The molecule has 0 aliphatic heterocycles. The van der Waals surface area contributed by atoms with E-state index in [1.54, 1.807) is 0 Å². The van der Waals surface area contributed by atoms with Crippen LogP contribution in [0.15, 0.2) is 24.5 Å². The van der Waals surface area contributed by atoms with E-state index in [1.165, 1.54) is 37.7 Å². The fourth-order valence-corrected chi connectivity index (χ4v) is 3.40. The Morgan fingerprint density at radius 3 is 2.68 bits per heavy atom. The molecule has 1 aromatic heterocycles. The summed E-state index contributed by atoms with van der Waals surface area (Å²) in [6.07, 6.45) is 11.5. The Kier molecular flexibility index (Phi) is 5.34. The number of rotatable bonds is 6. The van der Waals surface area contributed by atoms with Crippen molar-refractivity contribution >= 4 is 0 Å². The molecule has 3 nitrogen and oxygen atoms in total. The van der Waals surface area contributed by atoms with Crippen molar-refractivity contribution in [3.05, 3.63) is 30.1 Å². The minimum atomic E-state index is 0.259. The van der Waals surface area contributed by atoms with E-state index >= 15 is 0 Å². The van der Waals surface area contributed by atoms with E-state index in [0.717, 1.165) is 26.1 Å². The standard InChI is InChI=1S/C16H27N3/c1-2-19(12-8-15-7-6-11-18-13-15)16(14-17)9-4-3-5-10-16/h6-7,11,13H,2-5,8-10,12,14,17H2,1H3. The molecule has 0 unspecified atom stereocenters. The van der Waals surface area contributed by atoms with Crippen molar-refractivity contribution in [3.8, 4) is 0 Å². The van der Waals surface area contributed by atoms with Gasteiger partial charge in [0.05, 0.1) is 0 Å². The maximum absolute atomic E-state index is 6.13. The highest BCUT2D eigenvalue weighted by atomic mass is 15.2. The molecule has 1 fully saturated rings. The van der Waals surface area contributed by atoms with Gasteiger partial charge in [0.25, 0.3) is 0 Å². The number of hydrogen-bond acceptors (Lipinski definition) is 3. The quantitative estimate of drug-likeness (QED) is 0.856. The summed E-state index contributed by atoms with van der Waals surface area (Å²) in [7, 11) is 0. The summed E-state index contributed by atoms with van der Waals surface area (Å²) in [5.74, 6) is 0. The van der Waals surface area contributed by atoms with Crippen LogP contribution in [0, 0.1) is 0 Å². The predicted octanol–water partition coefficient (Wildman–Crippen LogP) is 2.61. The normalized spacial score (nSPS) is 18.7. The lowest BCUT2D eigenvalue weighted by atomic mass is 9.80. The Labute approximate surface area is 117 Å². The Bertz CT molecular complexity index is 358. The third kappa shape index (κ3) is 3.54. The van der Waals surface area contributed by atoms with Gasteiger partial charge in [-0.2, -0.15) is 0 Å². The van der Waals surface area contributed by atoms with Gasteiger partial charge in [-0.1, -0.05) is 32.3 Å². The molecule has 1 aliphatic carbocycles. The molecule has 2 rings (SSSR count). The van der Waals surface area contributed by atoms with Gasteiger partial charge in [-0.25, -0.2) is 0 Å². The third-order valence-corrected chi connectivity index (χ3v) is 4.61. The minimum absolute atomic E-state index is 0.259. The van der Waals surface area contributed by atoms with Gasteiger partial charge in [-0.15, -0.1) is 0 Å². The molecule has 0 spiro atoms. The molecule has 0 aromatic carbocycles. The first-order valence-corrected chi connectivity index (χ1v) is 7.65. The van der Waals surface area contributed by atoms with E-state index in [9.17, 15) is 0 Å². The van der Waals surface area contributed by atoms with Gasteiger partial charge >= 0.3 is 0 Å². The van der Waals surface area contributed by atoms with Crippen molar-refractivity contribution in [1.29, 1.82) is 0 Å². The number of nitrogens with zero attached hydrogens (tertiary/aromatic N) is 2. The minimum Gasteiger partial charge on any atom is -0.329 e. The number of hydrogen-bond donors (Lipinski definition) is 1. The Balaban J connectivity index is 1.98. The van der Waals surface area contributed by atoms with Crippen LogP contribution in [-0.2, 0) is 6.42 Å². The summed E-state index contributed by atoms with van der Waals surface area (Å²) in [6.45, 7) is 5.25. The van der Waals surface area contributed by atoms with Gasteiger partial charge in [0.1, 0.15) is 0 Å². The predicted molar refractivity (Wildman–Crippen MR) is 80.1 cm³/mol. The summed E-state index contributed by atoms with van der Waals surface area (Å²) >= 11 is 0. The van der Waals surface area contributed by atoms with Crippen LogP contribution in [0.5, 0.6) is 0 Å². The molecule has 0 amide bonds. The Hall–Kier alpha value is -0.930. The molecular formula is C16H27N3. The first-order chi connectivity index (χ1) is 9.30. The molecular weight excluding hydrogens is 234 g/mol. The molecule has 0 atom stereocenters. The van der Waals surface area contributed by atoms with E-state index in [-0.39, 0.29) is 5.54 Å². The molecule has 1 heterocycles. The van der Waals surface area contributed by atoms with Crippen LogP contribution in [0.3, 0.4) is 0 Å². The lowest BCUT2D eigenvalue weighted by Crippen LogP contribution is -2.55. The van der Waals surface area contributed by atoms with Gasteiger partial charge in [-0.05, 0) is 37.4 Å². The van der Waals surface area contributed by atoms with Crippen LogP contribution in [-0.4, -0.2) is 35.1 Å². The molecule has 19 heavy (non-hydrogen) atoms. The zero-order valence-electron chi connectivity index (χ0n) is 12.1. The van der Waals surface area contributed by atoms with Gasteiger partial charge in [0, 0.05) is 31.0 Å². The van der Waals surface area contributed by atoms with Crippen LogP contribution < -0.4 is 5.73 Å². The number of pyridine rings is 1. The van der Waals surface area contributed by atoms with Crippen molar-refractivity contribution in [2.75, 3.05) is 19.6 Å². The van der Waals surface area contributed by atoms with E-state index in [0.29, 0.717) is 0 Å². The van der Waals surface area contributed by atoms with Crippen LogP contribution in [0.2, 0.25) is 0 Å². The molecule has 106 valence electrons. The first kappa shape index (κ1) is 14.5. The zero-order chi connectivity index (χ0) is 13.6. The highest BCUT2D eigenvalue weighted by Gasteiger charge is 2.35. The van der Waals surface area contributed by atoms with Gasteiger partial charge in [0.2, 0.25) is 0 Å². The summed E-state index contributed by atoms with van der Waals surface area (Å²) in [5, 5.41) is 0. The summed E-state index contributed by atoms with van der Waals surface area (Å²) in [4.78, 5) is 6.81. The lowest BCUT2D eigenvalue weighted by molar-refractivity contribution is 0.0629. The summed E-state index contributed by atoms with van der Waals surface area (Å²) in [6, 6.07) is 4.18. The molecule has 1 aromatic rings. The van der Waals surface area contributed by atoms with Crippen LogP contribution in [0.25, 0.3) is 0 Å². The van der Waals surface area contributed by atoms with E-state index in [4.69, 9.17) is 5.73 Å². The molecule has 1 aliphatic rings. The molecule has 1 saturated carbocycles. The molecule has 0 saturated heterocycles. The average Bonchev–Trinajstić information content (AvgIpc) is 2.50. The lowest BCUT2D eigenvalue weighted by Gasteiger charge is -2.45. The molecule has 0 radical (unpaired) electrons. The van der Waals surface area contributed by atoms with Crippen molar-refractivity contribution in [1.82, 2.24) is 9.88 Å². The fraction of sp³-hybridized carbons (Fsp3) is 0.688. The monoisotopic (exact) mass is 261 g/mol. The largest absolute Gasteiger partial charge is 0.329 e. The second kappa shape index (κ2) is 7.01. The van der Waals surface area contributed by atoms with Gasteiger partial charge in [0.15, 0.2) is 0 Å². The number of aromatic nitrogens is 1.